The van der Waals surface area contributed by atoms with Gasteiger partial charge in [0.2, 0.25) is 0 Å². The summed E-state index contributed by atoms with van der Waals surface area (Å²) in [6, 6.07) is 1.26. The predicted molar refractivity (Wildman–Crippen MR) is 102 cm³/mol. The van der Waals surface area contributed by atoms with Crippen LogP contribution < -0.4 is 5.73 Å². The smallest absolute Gasteiger partial charge is 0.311 e. The minimum Gasteiger partial charge on any atom is -0.437 e. The second kappa shape index (κ2) is 9.62. The summed E-state index contributed by atoms with van der Waals surface area (Å²) in [7, 11) is -5.03. The Hall–Kier alpha value is 0.531. The molecule has 0 radical (unpaired) electrons. The Morgan fingerprint density at radius 2 is 1.14 bits per heavy atom. The minimum absolute atomic E-state index is 0.838. The van der Waals surface area contributed by atoms with Crippen molar-refractivity contribution >= 4 is 25.2 Å². The zero-order valence-electron chi connectivity index (χ0n) is 15.6. The lowest BCUT2D eigenvalue weighted by Crippen LogP contribution is -2.51. The summed E-state index contributed by atoms with van der Waals surface area (Å²) in [6.45, 7) is 16.7. The van der Waals surface area contributed by atoms with Gasteiger partial charge in [0.15, 0.2) is 16.6 Å². The molecule has 0 amide bonds. The van der Waals surface area contributed by atoms with E-state index >= 15 is 0 Å². The lowest BCUT2D eigenvalue weighted by molar-refractivity contribution is 0.390. The van der Waals surface area contributed by atoms with E-state index in [0.717, 1.165) is 6.54 Å². The van der Waals surface area contributed by atoms with Gasteiger partial charge in [0.05, 0.1) is 0 Å². The summed E-state index contributed by atoms with van der Waals surface area (Å²) in [4.78, 5) is 0. The highest BCUT2D eigenvalue weighted by Gasteiger charge is 2.37. The van der Waals surface area contributed by atoms with Crippen molar-refractivity contribution in [2.24, 2.45) is 5.73 Å². The third-order valence-electron chi connectivity index (χ3n) is 3.31. The Balaban J connectivity index is 3.97. The number of hydrogen-bond donors (Lipinski definition) is 1. The molecule has 0 aliphatic carbocycles. The van der Waals surface area contributed by atoms with Crippen LogP contribution in [0.15, 0.2) is 0 Å². The molecule has 0 aliphatic rings. The van der Waals surface area contributed by atoms with Crippen LogP contribution in [0.4, 0.5) is 0 Å². The predicted octanol–water partition coefficient (Wildman–Crippen LogP) is 5.06. The van der Waals surface area contributed by atoms with Crippen molar-refractivity contribution < 1.29 is 8.23 Å². The highest BCUT2D eigenvalue weighted by atomic mass is 28.5. The van der Waals surface area contributed by atoms with Gasteiger partial charge in [-0.3, -0.25) is 0 Å². The molecule has 3 nitrogen and oxygen atoms in total. The third-order valence-corrected chi connectivity index (χ3v) is 13.5. The van der Waals surface area contributed by atoms with Crippen LogP contribution in [0.5, 0.6) is 0 Å². The van der Waals surface area contributed by atoms with E-state index < -0.39 is 25.2 Å². The van der Waals surface area contributed by atoms with Crippen molar-refractivity contribution in [3.05, 3.63) is 0 Å². The zero-order chi connectivity index (χ0) is 16.6. The molecule has 2 N–H and O–H groups in total. The molecule has 0 spiro atoms. The van der Waals surface area contributed by atoms with Crippen molar-refractivity contribution in [3.63, 3.8) is 0 Å². The first-order valence-electron chi connectivity index (χ1n) is 8.58. The van der Waals surface area contributed by atoms with E-state index in [9.17, 15) is 0 Å². The Morgan fingerprint density at radius 1 is 0.667 bits per heavy atom. The van der Waals surface area contributed by atoms with E-state index in [1.165, 1.54) is 44.6 Å². The molecule has 0 aromatic rings. The van der Waals surface area contributed by atoms with Crippen molar-refractivity contribution in [3.8, 4) is 0 Å². The maximum absolute atomic E-state index is 6.52. The standard InChI is InChI=1S/C15H39NO2Si3/c1-19(2,3)17-21(6,7)18-20(4,5)15-13-11-9-8-10-12-14-16/h8-16H2,1-7H3. The maximum atomic E-state index is 6.52. The molecule has 0 saturated carbocycles. The first kappa shape index (κ1) is 21.5. The average molecular weight is 350 g/mol. The van der Waals surface area contributed by atoms with Gasteiger partial charge < -0.3 is 14.0 Å². The summed E-state index contributed by atoms with van der Waals surface area (Å²) in [5.41, 5.74) is 5.51. The molecule has 0 saturated heterocycles. The summed E-state index contributed by atoms with van der Waals surface area (Å²) >= 11 is 0. The third kappa shape index (κ3) is 13.9. The molecule has 0 unspecified atom stereocenters. The van der Waals surface area contributed by atoms with E-state index in [2.05, 4.69) is 45.8 Å². The monoisotopic (exact) mass is 349 g/mol. The van der Waals surface area contributed by atoms with Gasteiger partial charge in [-0.15, -0.1) is 0 Å². The zero-order valence-corrected chi connectivity index (χ0v) is 18.6. The lowest BCUT2D eigenvalue weighted by atomic mass is 10.1. The number of hydrogen-bond acceptors (Lipinski definition) is 3. The van der Waals surface area contributed by atoms with Crippen LogP contribution in [-0.2, 0) is 8.23 Å². The van der Waals surface area contributed by atoms with Crippen molar-refractivity contribution in [2.75, 3.05) is 6.54 Å². The van der Waals surface area contributed by atoms with E-state index in [4.69, 9.17) is 14.0 Å². The quantitative estimate of drug-likeness (QED) is 0.395. The molecule has 6 heteroatoms. The Kier molecular flexibility index (Phi) is 9.86. The summed E-state index contributed by atoms with van der Waals surface area (Å²) in [6.07, 6.45) is 7.78. The largest absolute Gasteiger partial charge is 0.437 e. The molecule has 21 heavy (non-hydrogen) atoms. The lowest BCUT2D eigenvalue weighted by Gasteiger charge is -2.37. The molecule has 0 aliphatic heterocycles. The summed E-state index contributed by atoms with van der Waals surface area (Å²) in [5.74, 6) is 0. The topological polar surface area (TPSA) is 44.5 Å². The highest BCUT2D eigenvalue weighted by molar-refractivity contribution is 6.87. The molecule has 0 atom stereocenters. The molecular weight excluding hydrogens is 310 g/mol. The number of unbranched alkanes of at least 4 members (excludes halogenated alkanes) is 5. The Labute approximate surface area is 136 Å². The van der Waals surface area contributed by atoms with E-state index in [0.29, 0.717) is 0 Å². The molecule has 0 aromatic heterocycles. The van der Waals surface area contributed by atoms with Crippen molar-refractivity contribution in [2.45, 2.75) is 90.4 Å². The Morgan fingerprint density at radius 3 is 1.62 bits per heavy atom. The van der Waals surface area contributed by atoms with Gasteiger partial charge in [0.25, 0.3) is 0 Å². The SMILES string of the molecule is C[Si](C)(C)O[Si](C)(C)O[Si](C)(C)CCCCCCCCN. The Bertz CT molecular complexity index is 279. The fourth-order valence-electron chi connectivity index (χ4n) is 2.88. The normalized spacial score (nSPS) is 13.7. The molecule has 0 fully saturated rings. The van der Waals surface area contributed by atoms with Crippen LogP contribution >= 0.6 is 0 Å². The first-order valence-corrected chi connectivity index (χ1v) is 17.9. The number of nitrogens with two attached hydrogens (primary N) is 1. The van der Waals surface area contributed by atoms with E-state index in [1.807, 2.05) is 0 Å². The van der Waals surface area contributed by atoms with Crippen LogP contribution in [0.25, 0.3) is 0 Å². The van der Waals surface area contributed by atoms with E-state index in [1.54, 1.807) is 0 Å². The number of rotatable bonds is 12. The van der Waals surface area contributed by atoms with Gasteiger partial charge >= 0.3 is 8.56 Å². The molecule has 128 valence electrons. The van der Waals surface area contributed by atoms with Crippen LogP contribution in [0.1, 0.15) is 38.5 Å². The fraction of sp³-hybridized carbons (Fsp3) is 1.00. The molecule has 0 rings (SSSR count). The van der Waals surface area contributed by atoms with Gasteiger partial charge in [-0.25, -0.2) is 0 Å². The van der Waals surface area contributed by atoms with Gasteiger partial charge in [0.1, 0.15) is 0 Å². The average Bonchev–Trinajstić information content (AvgIpc) is 2.22. The minimum atomic E-state index is -1.95. The summed E-state index contributed by atoms with van der Waals surface area (Å²) in [5, 5.41) is 0. The van der Waals surface area contributed by atoms with Crippen molar-refractivity contribution in [1.82, 2.24) is 0 Å². The highest BCUT2D eigenvalue weighted by Crippen LogP contribution is 2.24. The van der Waals surface area contributed by atoms with Crippen molar-refractivity contribution in [1.29, 1.82) is 0 Å². The molecular formula is C15H39NO2Si3. The van der Waals surface area contributed by atoms with Crippen LogP contribution in [0.3, 0.4) is 0 Å². The first-order chi connectivity index (χ1) is 9.47. The van der Waals surface area contributed by atoms with Gasteiger partial charge in [0, 0.05) is 0 Å². The van der Waals surface area contributed by atoms with Crippen LogP contribution in [-0.4, -0.2) is 31.7 Å². The summed E-state index contributed by atoms with van der Waals surface area (Å²) < 4.78 is 12.8. The van der Waals surface area contributed by atoms with Crippen LogP contribution in [0.2, 0.25) is 51.9 Å². The van der Waals surface area contributed by atoms with Gasteiger partial charge in [-0.2, -0.15) is 0 Å². The van der Waals surface area contributed by atoms with Gasteiger partial charge in [-0.1, -0.05) is 32.1 Å². The van der Waals surface area contributed by atoms with E-state index in [-0.39, 0.29) is 0 Å². The van der Waals surface area contributed by atoms with Gasteiger partial charge in [-0.05, 0) is 64.8 Å². The molecule has 0 bridgehead atoms. The second-order valence-corrected chi connectivity index (χ2v) is 20.8. The van der Waals surface area contributed by atoms with Crippen LogP contribution in [0, 0.1) is 0 Å². The molecule has 0 heterocycles. The molecule has 0 aromatic carbocycles. The fourth-order valence-corrected chi connectivity index (χ4v) is 16.2. The maximum Gasteiger partial charge on any atom is 0.311 e. The second-order valence-electron chi connectivity index (χ2n) is 8.14.